The van der Waals surface area contributed by atoms with Gasteiger partial charge < -0.3 is 5.32 Å². The molecule has 0 bridgehead atoms. The van der Waals surface area contributed by atoms with Gasteiger partial charge in [0.1, 0.15) is 0 Å². The van der Waals surface area contributed by atoms with Gasteiger partial charge in [-0.25, -0.2) is 0 Å². The van der Waals surface area contributed by atoms with Crippen LogP contribution in [0.2, 0.25) is 5.02 Å². The summed E-state index contributed by atoms with van der Waals surface area (Å²) in [4.78, 5) is 12.8. The monoisotopic (exact) mass is 321 g/mol. The number of nitrogens with one attached hydrogen (secondary N) is 1. The third kappa shape index (κ3) is 2.40. The molecule has 0 unspecified atom stereocenters. The summed E-state index contributed by atoms with van der Waals surface area (Å²) in [5, 5.41) is 5.90. The fourth-order valence-electron chi connectivity index (χ4n) is 3.36. The topological polar surface area (TPSA) is 29.1 Å². The van der Waals surface area contributed by atoms with Gasteiger partial charge >= 0.3 is 0 Å². The van der Waals surface area contributed by atoms with Crippen molar-refractivity contribution in [3.05, 3.63) is 75.8 Å². The van der Waals surface area contributed by atoms with Gasteiger partial charge in [-0.3, -0.25) is 4.79 Å². The van der Waals surface area contributed by atoms with Crippen molar-refractivity contribution in [2.45, 2.75) is 19.8 Å². The highest BCUT2D eigenvalue weighted by Gasteiger charge is 2.19. The zero-order chi connectivity index (χ0) is 16.0. The number of carbonyl (C=O) groups is 1. The van der Waals surface area contributed by atoms with Gasteiger partial charge in [-0.1, -0.05) is 41.9 Å². The Morgan fingerprint density at radius 2 is 1.83 bits per heavy atom. The smallest absolute Gasteiger partial charge is 0.256 e. The molecule has 1 N–H and O–H groups in total. The maximum absolute atomic E-state index is 12.8. The van der Waals surface area contributed by atoms with Gasteiger partial charge in [0.15, 0.2) is 0 Å². The second-order valence-corrected chi connectivity index (χ2v) is 6.46. The SMILES string of the molecule is Cc1ccc(Cl)cc1NC(=O)c1ccc2c3c(cccc13)CC2. The van der Waals surface area contributed by atoms with Crippen LogP contribution in [-0.2, 0) is 12.8 Å². The van der Waals surface area contributed by atoms with Crippen molar-refractivity contribution in [3.63, 3.8) is 0 Å². The zero-order valence-electron chi connectivity index (χ0n) is 12.8. The molecule has 3 aromatic carbocycles. The van der Waals surface area contributed by atoms with E-state index in [9.17, 15) is 4.79 Å². The van der Waals surface area contributed by atoms with Crippen molar-refractivity contribution in [3.8, 4) is 0 Å². The first-order valence-electron chi connectivity index (χ1n) is 7.74. The maximum Gasteiger partial charge on any atom is 0.256 e. The Morgan fingerprint density at radius 1 is 1.04 bits per heavy atom. The number of carbonyl (C=O) groups excluding carboxylic acids is 1. The van der Waals surface area contributed by atoms with E-state index in [2.05, 4.69) is 17.4 Å². The fraction of sp³-hybridized carbons (Fsp3) is 0.150. The van der Waals surface area contributed by atoms with E-state index in [0.29, 0.717) is 10.6 Å². The molecule has 0 aliphatic heterocycles. The summed E-state index contributed by atoms with van der Waals surface area (Å²) < 4.78 is 0. The molecule has 0 spiro atoms. The molecule has 0 atom stereocenters. The van der Waals surface area contributed by atoms with Crippen LogP contribution >= 0.6 is 11.6 Å². The lowest BCUT2D eigenvalue weighted by atomic mass is 9.99. The number of amides is 1. The molecule has 23 heavy (non-hydrogen) atoms. The van der Waals surface area contributed by atoms with Crippen molar-refractivity contribution in [1.82, 2.24) is 0 Å². The second kappa shape index (κ2) is 5.39. The quantitative estimate of drug-likeness (QED) is 0.694. The van der Waals surface area contributed by atoms with Crippen molar-refractivity contribution >= 4 is 34.0 Å². The predicted octanol–water partition coefficient (Wildman–Crippen LogP) is 5.15. The lowest BCUT2D eigenvalue weighted by Crippen LogP contribution is -2.13. The van der Waals surface area contributed by atoms with Gasteiger partial charge in [0, 0.05) is 16.3 Å². The first kappa shape index (κ1) is 14.3. The van der Waals surface area contributed by atoms with Crippen molar-refractivity contribution in [2.75, 3.05) is 5.32 Å². The van der Waals surface area contributed by atoms with Crippen molar-refractivity contribution in [1.29, 1.82) is 0 Å². The summed E-state index contributed by atoms with van der Waals surface area (Å²) in [6, 6.07) is 15.8. The average Bonchev–Trinajstić information content (AvgIpc) is 2.96. The Balaban J connectivity index is 1.78. The van der Waals surface area contributed by atoms with Crippen molar-refractivity contribution in [2.24, 2.45) is 0 Å². The van der Waals surface area contributed by atoms with Crippen LogP contribution in [-0.4, -0.2) is 5.91 Å². The number of rotatable bonds is 2. The van der Waals surface area contributed by atoms with E-state index < -0.39 is 0 Å². The zero-order valence-corrected chi connectivity index (χ0v) is 13.6. The largest absolute Gasteiger partial charge is 0.322 e. The minimum atomic E-state index is -0.0917. The Bertz CT molecular complexity index is 936. The molecule has 0 fully saturated rings. The Morgan fingerprint density at radius 3 is 2.65 bits per heavy atom. The first-order chi connectivity index (χ1) is 11.1. The van der Waals surface area contributed by atoms with Crippen LogP contribution in [0.15, 0.2) is 48.5 Å². The number of aryl methyl sites for hydroxylation is 3. The van der Waals surface area contributed by atoms with Crippen molar-refractivity contribution < 1.29 is 4.79 Å². The normalized spacial score (nSPS) is 12.6. The van der Waals surface area contributed by atoms with Gasteiger partial charge in [0.25, 0.3) is 5.91 Å². The predicted molar refractivity (Wildman–Crippen MR) is 95.5 cm³/mol. The highest BCUT2D eigenvalue weighted by Crippen LogP contribution is 2.33. The van der Waals surface area contributed by atoms with Gasteiger partial charge in [0.05, 0.1) is 0 Å². The third-order valence-electron chi connectivity index (χ3n) is 4.57. The highest BCUT2D eigenvalue weighted by atomic mass is 35.5. The summed E-state index contributed by atoms with van der Waals surface area (Å²) in [5.74, 6) is -0.0917. The van der Waals surface area contributed by atoms with Crippen LogP contribution in [0, 0.1) is 6.92 Å². The highest BCUT2D eigenvalue weighted by molar-refractivity contribution is 6.31. The van der Waals surface area contributed by atoms with E-state index in [-0.39, 0.29) is 5.91 Å². The van der Waals surface area contributed by atoms with Gasteiger partial charge in [-0.15, -0.1) is 0 Å². The molecule has 3 heteroatoms. The van der Waals surface area contributed by atoms with Crippen LogP contribution in [0.5, 0.6) is 0 Å². The number of hydrogen-bond acceptors (Lipinski definition) is 1. The van der Waals surface area contributed by atoms with E-state index in [1.807, 2.05) is 37.3 Å². The molecule has 4 rings (SSSR count). The van der Waals surface area contributed by atoms with Gasteiger partial charge in [-0.2, -0.15) is 0 Å². The number of halogens is 1. The minimum absolute atomic E-state index is 0.0917. The fourth-order valence-corrected chi connectivity index (χ4v) is 3.54. The molecule has 1 aliphatic rings. The number of hydrogen-bond donors (Lipinski definition) is 1. The molecule has 0 heterocycles. The second-order valence-electron chi connectivity index (χ2n) is 6.03. The van der Waals surface area contributed by atoms with Gasteiger partial charge in [0.2, 0.25) is 0 Å². The van der Waals surface area contributed by atoms with E-state index in [4.69, 9.17) is 11.6 Å². The van der Waals surface area contributed by atoms with E-state index in [1.165, 1.54) is 16.5 Å². The Hall–Kier alpha value is -2.32. The lowest BCUT2D eigenvalue weighted by molar-refractivity contribution is 0.102. The molecule has 0 radical (unpaired) electrons. The molecule has 114 valence electrons. The average molecular weight is 322 g/mol. The van der Waals surface area contributed by atoms with Crippen LogP contribution in [0.3, 0.4) is 0 Å². The third-order valence-corrected chi connectivity index (χ3v) is 4.80. The summed E-state index contributed by atoms with van der Waals surface area (Å²) in [6.07, 6.45) is 2.12. The van der Waals surface area contributed by atoms with Crippen LogP contribution < -0.4 is 5.32 Å². The maximum atomic E-state index is 12.8. The van der Waals surface area contributed by atoms with Crippen LogP contribution in [0.1, 0.15) is 27.0 Å². The lowest BCUT2D eigenvalue weighted by Gasteiger charge is -2.12. The van der Waals surface area contributed by atoms with Gasteiger partial charge in [-0.05, 0) is 65.4 Å². The molecule has 0 saturated heterocycles. The van der Waals surface area contributed by atoms with Crippen LogP contribution in [0.25, 0.3) is 10.8 Å². The molecule has 0 aromatic heterocycles. The molecular weight excluding hydrogens is 306 g/mol. The first-order valence-corrected chi connectivity index (χ1v) is 8.12. The standard InChI is InChI=1S/C20H16ClNO/c1-12-5-9-15(21)11-18(12)22-20(23)17-10-8-14-7-6-13-3-2-4-16(17)19(13)14/h2-5,8-11H,6-7H2,1H3,(H,22,23). The molecule has 1 aliphatic carbocycles. The Kier molecular flexibility index (Phi) is 3.35. The van der Waals surface area contributed by atoms with Crippen LogP contribution in [0.4, 0.5) is 5.69 Å². The summed E-state index contributed by atoms with van der Waals surface area (Å²) in [7, 11) is 0. The Labute approximate surface area is 140 Å². The molecule has 2 nitrogen and oxygen atoms in total. The van der Waals surface area contributed by atoms with E-state index in [1.54, 1.807) is 6.07 Å². The molecule has 1 amide bonds. The van der Waals surface area contributed by atoms with E-state index in [0.717, 1.165) is 29.5 Å². The molecular formula is C20H16ClNO. The minimum Gasteiger partial charge on any atom is -0.322 e. The molecule has 0 saturated carbocycles. The summed E-state index contributed by atoms with van der Waals surface area (Å²) >= 11 is 6.04. The number of benzene rings is 3. The summed E-state index contributed by atoms with van der Waals surface area (Å²) in [6.45, 7) is 1.96. The molecule has 3 aromatic rings. The number of anilines is 1. The van der Waals surface area contributed by atoms with E-state index >= 15 is 0 Å². The summed E-state index contributed by atoms with van der Waals surface area (Å²) in [5.41, 5.74) is 5.14.